The number of nitrogens with one attached hydrogen (secondary N) is 1. The molecule has 114 valence electrons. The van der Waals surface area contributed by atoms with Gasteiger partial charge in [-0.1, -0.05) is 17.0 Å². The van der Waals surface area contributed by atoms with E-state index in [0.29, 0.717) is 22.3 Å². The fraction of sp³-hybridized carbons (Fsp3) is 0.125. The number of carbonyl (C=O) groups excluding carboxylic acids is 1. The van der Waals surface area contributed by atoms with Crippen molar-refractivity contribution in [2.45, 2.75) is 13.0 Å². The van der Waals surface area contributed by atoms with Crippen molar-refractivity contribution in [1.82, 2.24) is 15.2 Å². The Morgan fingerprint density at radius 3 is 2.74 bits per heavy atom. The molecule has 0 aliphatic carbocycles. The minimum atomic E-state index is -0.768. The van der Waals surface area contributed by atoms with E-state index in [1.165, 1.54) is 4.85 Å². The van der Waals surface area contributed by atoms with Crippen LogP contribution in [0.4, 0.5) is 5.69 Å². The van der Waals surface area contributed by atoms with Gasteiger partial charge in [0.25, 0.3) is 5.91 Å². The normalized spacial score (nSPS) is 11.7. The van der Waals surface area contributed by atoms with E-state index in [9.17, 15) is 4.79 Å². The first-order chi connectivity index (χ1) is 11.2. The number of fused-ring (bicyclic) bond motifs is 1. The van der Waals surface area contributed by atoms with Gasteiger partial charge in [0, 0.05) is 5.69 Å². The zero-order valence-electron chi connectivity index (χ0n) is 12.3. The Balaban J connectivity index is 1.68. The van der Waals surface area contributed by atoms with Crippen LogP contribution in [0.15, 0.2) is 48.5 Å². The van der Waals surface area contributed by atoms with Crippen LogP contribution >= 0.6 is 0 Å². The van der Waals surface area contributed by atoms with Crippen molar-refractivity contribution in [1.29, 1.82) is 5.26 Å². The van der Waals surface area contributed by atoms with Gasteiger partial charge in [-0.15, -0.1) is 5.10 Å². The van der Waals surface area contributed by atoms with Gasteiger partial charge in [-0.2, -0.15) is 5.26 Å². The van der Waals surface area contributed by atoms with Crippen LogP contribution in [0.2, 0.25) is 0 Å². The molecule has 1 N–H and O–H groups in total. The van der Waals surface area contributed by atoms with Crippen molar-refractivity contribution < 1.29 is 9.63 Å². The number of nitriles is 1. The summed E-state index contributed by atoms with van der Waals surface area (Å²) in [6.45, 7) is 1.62. The van der Waals surface area contributed by atoms with Gasteiger partial charge in [0.15, 0.2) is 0 Å². The number of carbonyl (C=O) groups is 1. The highest BCUT2D eigenvalue weighted by Crippen LogP contribution is 2.11. The molecular formula is C16H13N5O2. The van der Waals surface area contributed by atoms with E-state index in [1.54, 1.807) is 37.3 Å². The first kappa shape index (κ1) is 14.5. The molecule has 0 aliphatic rings. The molecule has 0 saturated heterocycles. The van der Waals surface area contributed by atoms with E-state index in [0.717, 1.165) is 0 Å². The molecular weight excluding hydrogens is 294 g/mol. The van der Waals surface area contributed by atoms with Crippen LogP contribution in [0.25, 0.3) is 11.0 Å². The lowest BCUT2D eigenvalue weighted by Gasteiger charge is -2.13. The Morgan fingerprint density at radius 2 is 2.00 bits per heavy atom. The maximum absolute atomic E-state index is 12.2. The predicted octanol–water partition coefficient (Wildman–Crippen LogP) is 1.76. The van der Waals surface area contributed by atoms with Gasteiger partial charge in [-0.3, -0.25) is 4.79 Å². The van der Waals surface area contributed by atoms with Crippen molar-refractivity contribution in [3.63, 3.8) is 0 Å². The van der Waals surface area contributed by atoms with Gasteiger partial charge < -0.3 is 10.2 Å². The number of nitrogens with zero attached hydrogens (tertiary/aromatic N) is 4. The number of anilines is 1. The van der Waals surface area contributed by atoms with E-state index < -0.39 is 6.10 Å². The van der Waals surface area contributed by atoms with Gasteiger partial charge in [-0.05, 0) is 48.5 Å². The summed E-state index contributed by atoms with van der Waals surface area (Å²) in [5, 5.41) is 19.3. The van der Waals surface area contributed by atoms with E-state index in [1.807, 2.05) is 24.3 Å². The van der Waals surface area contributed by atoms with Crippen molar-refractivity contribution in [2.75, 3.05) is 5.32 Å². The van der Waals surface area contributed by atoms with Gasteiger partial charge in [0.1, 0.15) is 11.0 Å². The van der Waals surface area contributed by atoms with Crippen LogP contribution in [0.3, 0.4) is 0 Å². The molecule has 0 fully saturated rings. The Morgan fingerprint density at radius 1 is 1.26 bits per heavy atom. The van der Waals surface area contributed by atoms with Gasteiger partial charge in [0.05, 0.1) is 11.6 Å². The van der Waals surface area contributed by atoms with Gasteiger partial charge in [0.2, 0.25) is 6.10 Å². The maximum Gasteiger partial charge on any atom is 0.267 e. The number of aromatic nitrogens is 3. The lowest BCUT2D eigenvalue weighted by molar-refractivity contribution is -0.127. The monoisotopic (exact) mass is 307 g/mol. The standard InChI is InChI=1S/C16H13N5O2/c1-11(16(22)18-13-8-6-12(10-17)7-9-13)23-21-15-5-3-2-4-14(15)19-20-21/h2-9,11H,1H3,(H,18,22)/t11-/m1/s1. The summed E-state index contributed by atoms with van der Waals surface area (Å²) in [4.78, 5) is 18.9. The first-order valence-electron chi connectivity index (χ1n) is 6.96. The average Bonchev–Trinajstić information content (AvgIpc) is 2.98. The van der Waals surface area contributed by atoms with Crippen molar-refractivity contribution in [3.8, 4) is 6.07 Å². The molecule has 0 radical (unpaired) electrons. The van der Waals surface area contributed by atoms with Crippen LogP contribution in [0.1, 0.15) is 12.5 Å². The molecule has 0 unspecified atom stereocenters. The smallest absolute Gasteiger partial charge is 0.267 e. The van der Waals surface area contributed by atoms with E-state index in [4.69, 9.17) is 10.1 Å². The second-order valence-corrected chi connectivity index (χ2v) is 4.88. The fourth-order valence-corrected chi connectivity index (χ4v) is 1.99. The Hall–Kier alpha value is -3.40. The first-order valence-corrected chi connectivity index (χ1v) is 6.96. The summed E-state index contributed by atoms with van der Waals surface area (Å²) in [6, 6.07) is 15.9. The van der Waals surface area contributed by atoms with E-state index >= 15 is 0 Å². The molecule has 23 heavy (non-hydrogen) atoms. The van der Waals surface area contributed by atoms with E-state index in [-0.39, 0.29) is 5.91 Å². The van der Waals surface area contributed by atoms with Crippen LogP contribution in [-0.4, -0.2) is 27.2 Å². The molecule has 0 spiro atoms. The topological polar surface area (TPSA) is 92.8 Å². The molecule has 1 atom stereocenters. The molecule has 3 aromatic rings. The summed E-state index contributed by atoms with van der Waals surface area (Å²) in [6.07, 6.45) is -0.768. The second-order valence-electron chi connectivity index (χ2n) is 4.88. The number of amides is 1. The van der Waals surface area contributed by atoms with E-state index in [2.05, 4.69) is 15.6 Å². The highest BCUT2D eigenvalue weighted by Gasteiger charge is 2.17. The molecule has 2 aromatic carbocycles. The van der Waals surface area contributed by atoms with Crippen LogP contribution in [0.5, 0.6) is 0 Å². The fourth-order valence-electron chi connectivity index (χ4n) is 1.99. The number of hydrogen-bond donors (Lipinski definition) is 1. The highest BCUT2D eigenvalue weighted by molar-refractivity contribution is 5.94. The quantitative estimate of drug-likeness (QED) is 0.792. The molecule has 7 heteroatoms. The third-order valence-electron chi connectivity index (χ3n) is 3.23. The molecule has 0 saturated carbocycles. The Kier molecular flexibility index (Phi) is 3.89. The molecule has 7 nitrogen and oxygen atoms in total. The summed E-state index contributed by atoms with van der Waals surface area (Å²) >= 11 is 0. The molecule has 1 amide bonds. The molecule has 3 rings (SSSR count). The lowest BCUT2D eigenvalue weighted by atomic mass is 10.2. The summed E-state index contributed by atoms with van der Waals surface area (Å²) in [5.74, 6) is -0.325. The minimum absolute atomic E-state index is 0.325. The van der Waals surface area contributed by atoms with Crippen LogP contribution < -0.4 is 10.2 Å². The minimum Gasteiger partial charge on any atom is -0.382 e. The Labute approximate surface area is 132 Å². The molecule has 1 heterocycles. The largest absolute Gasteiger partial charge is 0.382 e. The third kappa shape index (κ3) is 3.11. The molecule has 1 aromatic heterocycles. The predicted molar refractivity (Wildman–Crippen MR) is 83.4 cm³/mol. The maximum atomic E-state index is 12.2. The number of rotatable bonds is 4. The van der Waals surface area contributed by atoms with Gasteiger partial charge >= 0.3 is 0 Å². The van der Waals surface area contributed by atoms with Crippen LogP contribution in [-0.2, 0) is 4.79 Å². The third-order valence-corrected chi connectivity index (χ3v) is 3.23. The SMILES string of the molecule is C[C@@H](On1nnc2ccccc21)C(=O)Nc1ccc(C#N)cc1. The van der Waals surface area contributed by atoms with Crippen molar-refractivity contribution in [2.24, 2.45) is 0 Å². The summed E-state index contributed by atoms with van der Waals surface area (Å²) in [7, 11) is 0. The zero-order valence-corrected chi connectivity index (χ0v) is 12.3. The van der Waals surface area contributed by atoms with Crippen molar-refractivity contribution >= 4 is 22.6 Å². The molecule has 0 aliphatic heterocycles. The number of para-hydroxylation sites is 1. The van der Waals surface area contributed by atoms with Crippen LogP contribution in [0, 0.1) is 11.3 Å². The molecule has 0 bridgehead atoms. The lowest BCUT2D eigenvalue weighted by Crippen LogP contribution is -2.35. The average molecular weight is 307 g/mol. The van der Waals surface area contributed by atoms with Gasteiger partial charge in [-0.25, -0.2) is 0 Å². The Bertz CT molecular complexity index is 879. The highest BCUT2D eigenvalue weighted by atomic mass is 16.7. The number of benzene rings is 2. The van der Waals surface area contributed by atoms with Crippen molar-refractivity contribution in [3.05, 3.63) is 54.1 Å². The number of hydrogen-bond acceptors (Lipinski definition) is 5. The summed E-state index contributed by atoms with van der Waals surface area (Å²) < 4.78 is 0. The second kappa shape index (κ2) is 6.15. The zero-order chi connectivity index (χ0) is 16.2. The summed E-state index contributed by atoms with van der Waals surface area (Å²) in [5.41, 5.74) is 2.49.